The highest BCUT2D eigenvalue weighted by Gasteiger charge is 2.10. The van der Waals surface area contributed by atoms with E-state index >= 15 is 0 Å². The fourth-order valence-electron chi connectivity index (χ4n) is 2.31. The van der Waals surface area contributed by atoms with Gasteiger partial charge >= 0.3 is 0 Å². The summed E-state index contributed by atoms with van der Waals surface area (Å²) in [7, 11) is 0. The van der Waals surface area contributed by atoms with E-state index in [4.69, 9.17) is 12.2 Å². The molecule has 2 nitrogen and oxygen atoms in total. The fourth-order valence-corrected chi connectivity index (χ4v) is 3.04. The molecule has 2 aromatic rings. The van der Waals surface area contributed by atoms with E-state index < -0.39 is 0 Å². The average Bonchev–Trinajstić information content (AvgIpc) is 2.59. The Balaban J connectivity index is 2.06. The first-order valence-electron chi connectivity index (χ1n) is 7.97. The molecule has 0 bridgehead atoms. The quantitative estimate of drug-likeness (QED) is 0.533. The van der Waals surface area contributed by atoms with Crippen LogP contribution in [0.25, 0.3) is 0 Å². The molecule has 0 radical (unpaired) electrons. The molecule has 2 aromatic carbocycles. The molecule has 122 valence electrons. The normalized spacial score (nSPS) is 10.3. The Bertz CT molecular complexity index is 614. The topological polar surface area (TPSA) is 15.3 Å². The van der Waals surface area contributed by atoms with Gasteiger partial charge in [-0.25, -0.2) is 0 Å². The third-order valence-corrected chi connectivity index (χ3v) is 4.69. The van der Waals surface area contributed by atoms with Crippen LogP contribution in [0.3, 0.4) is 0 Å². The monoisotopic (exact) mass is 344 g/mol. The number of anilines is 1. The minimum atomic E-state index is 0.792. The van der Waals surface area contributed by atoms with E-state index in [-0.39, 0.29) is 0 Å². The fraction of sp³-hybridized carbons (Fsp3) is 0.316. The van der Waals surface area contributed by atoms with Gasteiger partial charge in [-0.1, -0.05) is 49.7 Å². The summed E-state index contributed by atoms with van der Waals surface area (Å²) in [5, 5.41) is 4.18. The number of nitrogens with one attached hydrogen (secondary N) is 1. The highest BCUT2D eigenvalue weighted by molar-refractivity contribution is 7.98. The molecule has 0 aliphatic rings. The number of hydrogen-bond donors (Lipinski definition) is 1. The number of hydrogen-bond acceptors (Lipinski definition) is 2. The van der Waals surface area contributed by atoms with Crippen molar-refractivity contribution in [2.45, 2.75) is 31.2 Å². The van der Waals surface area contributed by atoms with Crippen molar-refractivity contribution in [1.29, 1.82) is 0 Å². The number of thioether (sulfide) groups is 1. The van der Waals surface area contributed by atoms with Crippen molar-refractivity contribution in [2.75, 3.05) is 18.1 Å². The van der Waals surface area contributed by atoms with Gasteiger partial charge in [-0.3, -0.25) is 0 Å². The van der Waals surface area contributed by atoms with E-state index in [0.29, 0.717) is 0 Å². The lowest BCUT2D eigenvalue weighted by atomic mass is 10.2. The predicted molar refractivity (Wildman–Crippen MR) is 106 cm³/mol. The summed E-state index contributed by atoms with van der Waals surface area (Å²) in [6.07, 6.45) is 4.38. The van der Waals surface area contributed by atoms with E-state index in [1.807, 2.05) is 6.07 Å². The van der Waals surface area contributed by atoms with Crippen molar-refractivity contribution in [3.63, 3.8) is 0 Å². The Kier molecular flexibility index (Phi) is 7.43. The third kappa shape index (κ3) is 5.88. The molecule has 0 atom stereocenters. The Morgan fingerprint density at radius 3 is 2.61 bits per heavy atom. The molecule has 0 aromatic heterocycles. The summed E-state index contributed by atoms with van der Waals surface area (Å²) >= 11 is 7.40. The van der Waals surface area contributed by atoms with Crippen molar-refractivity contribution < 1.29 is 0 Å². The van der Waals surface area contributed by atoms with Crippen LogP contribution in [0.15, 0.2) is 59.5 Å². The van der Waals surface area contributed by atoms with Crippen LogP contribution < -0.4 is 5.32 Å². The zero-order valence-corrected chi connectivity index (χ0v) is 15.4. The first-order valence-corrected chi connectivity index (χ1v) is 9.60. The van der Waals surface area contributed by atoms with Crippen LogP contribution >= 0.6 is 24.0 Å². The van der Waals surface area contributed by atoms with Crippen molar-refractivity contribution in [2.24, 2.45) is 0 Å². The van der Waals surface area contributed by atoms with Gasteiger partial charge in [0, 0.05) is 23.7 Å². The van der Waals surface area contributed by atoms with Gasteiger partial charge in [0.15, 0.2) is 5.11 Å². The van der Waals surface area contributed by atoms with E-state index in [2.05, 4.69) is 71.9 Å². The first-order chi connectivity index (χ1) is 11.2. The van der Waals surface area contributed by atoms with Crippen molar-refractivity contribution in [3.8, 4) is 0 Å². The zero-order valence-electron chi connectivity index (χ0n) is 13.8. The SMILES string of the molecule is CCCCN(Cc1ccccc1)C(=S)Nc1cccc(SC)c1. The maximum Gasteiger partial charge on any atom is 0.173 e. The Morgan fingerprint density at radius 1 is 1.13 bits per heavy atom. The van der Waals surface area contributed by atoms with Gasteiger partial charge < -0.3 is 10.2 Å². The second-order valence-corrected chi connectivity index (χ2v) is 6.69. The van der Waals surface area contributed by atoms with E-state index in [9.17, 15) is 0 Å². The Morgan fingerprint density at radius 2 is 1.91 bits per heavy atom. The summed E-state index contributed by atoms with van der Waals surface area (Å²) in [4.78, 5) is 3.49. The van der Waals surface area contributed by atoms with Gasteiger partial charge in [0.2, 0.25) is 0 Å². The van der Waals surface area contributed by atoms with E-state index in [1.165, 1.54) is 10.5 Å². The third-order valence-electron chi connectivity index (χ3n) is 3.61. The van der Waals surface area contributed by atoms with Gasteiger partial charge in [-0.05, 0) is 48.7 Å². The molecule has 1 N–H and O–H groups in total. The highest BCUT2D eigenvalue weighted by Crippen LogP contribution is 2.19. The maximum atomic E-state index is 5.66. The average molecular weight is 345 g/mol. The number of benzene rings is 2. The highest BCUT2D eigenvalue weighted by atomic mass is 32.2. The standard InChI is InChI=1S/C19H24N2S2/c1-3-4-13-21(15-16-9-6-5-7-10-16)19(22)20-17-11-8-12-18(14-17)23-2/h5-12,14H,3-4,13,15H2,1-2H3,(H,20,22). The molecule has 23 heavy (non-hydrogen) atoms. The van der Waals surface area contributed by atoms with Crippen LogP contribution in [-0.4, -0.2) is 22.8 Å². The number of rotatable bonds is 7. The number of nitrogens with zero attached hydrogens (tertiary/aromatic N) is 1. The van der Waals surface area contributed by atoms with Gasteiger partial charge in [0.1, 0.15) is 0 Å². The van der Waals surface area contributed by atoms with Gasteiger partial charge in [0.05, 0.1) is 0 Å². The zero-order chi connectivity index (χ0) is 16.5. The predicted octanol–water partition coefficient (Wildman–Crippen LogP) is 5.41. The summed E-state index contributed by atoms with van der Waals surface area (Å²) in [5.74, 6) is 0. The lowest BCUT2D eigenvalue weighted by Gasteiger charge is -2.26. The smallest absolute Gasteiger partial charge is 0.173 e. The molecule has 0 saturated heterocycles. The molecule has 2 rings (SSSR count). The molecule has 0 spiro atoms. The molecule has 0 aliphatic heterocycles. The second-order valence-electron chi connectivity index (χ2n) is 5.42. The molecule has 0 heterocycles. The van der Waals surface area contributed by atoms with Crippen LogP contribution in [0.2, 0.25) is 0 Å². The van der Waals surface area contributed by atoms with Crippen molar-refractivity contribution in [3.05, 3.63) is 60.2 Å². The van der Waals surface area contributed by atoms with E-state index in [1.54, 1.807) is 11.8 Å². The molecular formula is C19H24N2S2. The molecule has 0 unspecified atom stereocenters. The van der Waals surface area contributed by atoms with Crippen LogP contribution in [0.5, 0.6) is 0 Å². The van der Waals surface area contributed by atoms with Gasteiger partial charge in [-0.2, -0.15) is 0 Å². The van der Waals surface area contributed by atoms with E-state index in [0.717, 1.165) is 36.7 Å². The summed E-state index contributed by atoms with van der Waals surface area (Å²) < 4.78 is 0. The van der Waals surface area contributed by atoms with Crippen LogP contribution in [0.1, 0.15) is 25.3 Å². The summed E-state index contributed by atoms with van der Waals surface area (Å²) in [6.45, 7) is 4.02. The van der Waals surface area contributed by atoms with Crippen LogP contribution in [0.4, 0.5) is 5.69 Å². The molecule has 0 saturated carbocycles. The van der Waals surface area contributed by atoms with Gasteiger partial charge in [-0.15, -0.1) is 11.8 Å². The van der Waals surface area contributed by atoms with Crippen LogP contribution in [0, 0.1) is 0 Å². The largest absolute Gasteiger partial charge is 0.345 e. The van der Waals surface area contributed by atoms with Crippen LogP contribution in [-0.2, 0) is 6.54 Å². The lowest BCUT2D eigenvalue weighted by molar-refractivity contribution is 0.408. The van der Waals surface area contributed by atoms with Crippen molar-refractivity contribution >= 4 is 34.8 Å². The molecule has 0 amide bonds. The first kappa shape index (κ1) is 17.8. The van der Waals surface area contributed by atoms with Gasteiger partial charge in [0.25, 0.3) is 0 Å². The number of unbranched alkanes of at least 4 members (excludes halogenated alkanes) is 1. The molecule has 0 fully saturated rings. The Labute approximate surface area is 149 Å². The minimum absolute atomic E-state index is 0.792. The molecule has 0 aliphatic carbocycles. The maximum absolute atomic E-state index is 5.66. The molecule has 4 heteroatoms. The summed E-state index contributed by atoms with van der Waals surface area (Å²) in [6, 6.07) is 18.9. The molecular weight excluding hydrogens is 320 g/mol. The minimum Gasteiger partial charge on any atom is -0.345 e. The van der Waals surface area contributed by atoms with Crippen molar-refractivity contribution in [1.82, 2.24) is 4.90 Å². The number of thiocarbonyl (C=S) groups is 1. The Hall–Kier alpha value is -1.52. The lowest BCUT2D eigenvalue weighted by Crippen LogP contribution is -2.35. The second kappa shape index (κ2) is 9.58. The summed E-state index contributed by atoms with van der Waals surface area (Å²) in [5.41, 5.74) is 2.34.